The summed E-state index contributed by atoms with van der Waals surface area (Å²) in [7, 11) is 0. The highest BCUT2D eigenvalue weighted by Gasteiger charge is 2.45. The molecule has 0 saturated heterocycles. The van der Waals surface area contributed by atoms with Crippen LogP contribution >= 0.6 is 0 Å². The van der Waals surface area contributed by atoms with E-state index in [4.69, 9.17) is 0 Å². The number of aryl methyl sites for hydroxylation is 1. The highest BCUT2D eigenvalue weighted by Crippen LogP contribution is 2.45. The van der Waals surface area contributed by atoms with Gasteiger partial charge in [0.05, 0.1) is 5.54 Å². The Bertz CT molecular complexity index is 648. The van der Waals surface area contributed by atoms with Crippen LogP contribution in [0.2, 0.25) is 0 Å². The van der Waals surface area contributed by atoms with Crippen molar-refractivity contribution in [2.75, 3.05) is 0 Å². The van der Waals surface area contributed by atoms with E-state index in [1.165, 1.54) is 12.1 Å². The minimum Gasteiger partial charge on any atom is -0.341 e. The fraction of sp³-hybridized carbons (Fsp3) is 0.250. The van der Waals surface area contributed by atoms with Crippen LogP contribution in [0.3, 0.4) is 0 Å². The molecule has 102 valence electrons. The maximum Gasteiger partial charge on any atom is 0.270 e. The Morgan fingerprint density at radius 3 is 2.50 bits per heavy atom. The summed E-state index contributed by atoms with van der Waals surface area (Å²) in [5, 5.41) is 3.02. The maximum absolute atomic E-state index is 13.0. The standard InChI is InChI=1S/C16H15FN2O/c1-11-3-2-4-14(18-11)15(20)19-16(9-10-16)12-5-7-13(17)8-6-12/h2-8H,9-10H2,1H3,(H,19,20). The molecule has 4 heteroatoms. The monoisotopic (exact) mass is 270 g/mol. The summed E-state index contributed by atoms with van der Waals surface area (Å²) in [6.07, 6.45) is 1.74. The highest BCUT2D eigenvalue weighted by molar-refractivity contribution is 5.93. The quantitative estimate of drug-likeness (QED) is 0.931. The summed E-state index contributed by atoms with van der Waals surface area (Å²) >= 11 is 0. The summed E-state index contributed by atoms with van der Waals surface area (Å²) in [6, 6.07) is 11.7. The molecule has 1 amide bonds. The Kier molecular flexibility index (Phi) is 3.01. The molecular weight excluding hydrogens is 255 g/mol. The van der Waals surface area contributed by atoms with Gasteiger partial charge in [0.25, 0.3) is 5.91 Å². The van der Waals surface area contributed by atoms with Crippen LogP contribution in [0, 0.1) is 12.7 Å². The number of nitrogens with zero attached hydrogens (tertiary/aromatic N) is 1. The lowest BCUT2D eigenvalue weighted by molar-refractivity contribution is 0.0925. The Morgan fingerprint density at radius 1 is 1.20 bits per heavy atom. The summed E-state index contributed by atoms with van der Waals surface area (Å²) in [6.45, 7) is 1.85. The molecule has 0 atom stereocenters. The van der Waals surface area contributed by atoms with Crippen molar-refractivity contribution in [3.05, 3.63) is 65.2 Å². The van der Waals surface area contributed by atoms with Crippen LogP contribution in [0.5, 0.6) is 0 Å². The third-order valence-corrected chi connectivity index (χ3v) is 3.62. The highest BCUT2D eigenvalue weighted by atomic mass is 19.1. The zero-order valence-electron chi connectivity index (χ0n) is 11.2. The lowest BCUT2D eigenvalue weighted by Crippen LogP contribution is -2.35. The smallest absolute Gasteiger partial charge is 0.270 e. The number of aromatic nitrogens is 1. The number of hydrogen-bond acceptors (Lipinski definition) is 2. The van der Waals surface area contributed by atoms with Crippen molar-refractivity contribution in [1.82, 2.24) is 10.3 Å². The van der Waals surface area contributed by atoms with Crippen LogP contribution in [0.25, 0.3) is 0 Å². The molecule has 1 N–H and O–H groups in total. The van der Waals surface area contributed by atoms with Crippen molar-refractivity contribution in [3.8, 4) is 0 Å². The minimum absolute atomic E-state index is 0.185. The number of carbonyl (C=O) groups is 1. The maximum atomic E-state index is 13.0. The minimum atomic E-state index is -0.351. The van der Waals surface area contributed by atoms with Gasteiger partial charge in [-0.25, -0.2) is 9.37 Å². The van der Waals surface area contributed by atoms with Crippen molar-refractivity contribution in [2.24, 2.45) is 0 Å². The lowest BCUT2D eigenvalue weighted by atomic mass is 10.0. The molecule has 1 saturated carbocycles. The van der Waals surface area contributed by atoms with Crippen LogP contribution in [0.15, 0.2) is 42.5 Å². The van der Waals surface area contributed by atoms with Crippen molar-refractivity contribution < 1.29 is 9.18 Å². The van der Waals surface area contributed by atoms with Gasteiger partial charge in [-0.3, -0.25) is 4.79 Å². The normalized spacial score (nSPS) is 15.7. The zero-order chi connectivity index (χ0) is 14.2. The molecule has 3 nitrogen and oxygen atoms in total. The van der Waals surface area contributed by atoms with Crippen LogP contribution in [-0.2, 0) is 5.54 Å². The first-order valence-corrected chi connectivity index (χ1v) is 6.61. The first kappa shape index (κ1) is 12.8. The van der Waals surface area contributed by atoms with E-state index in [2.05, 4.69) is 10.3 Å². The second-order valence-corrected chi connectivity index (χ2v) is 5.21. The summed E-state index contributed by atoms with van der Waals surface area (Å²) in [4.78, 5) is 16.5. The van der Waals surface area contributed by atoms with Crippen LogP contribution in [0.1, 0.15) is 34.6 Å². The molecule has 0 bridgehead atoms. The Balaban J connectivity index is 1.80. The number of benzene rings is 1. The van der Waals surface area contributed by atoms with Gasteiger partial charge in [-0.15, -0.1) is 0 Å². The fourth-order valence-corrected chi connectivity index (χ4v) is 2.33. The summed E-state index contributed by atoms with van der Waals surface area (Å²) < 4.78 is 13.0. The first-order valence-electron chi connectivity index (χ1n) is 6.61. The molecule has 1 aliphatic carbocycles. The second kappa shape index (κ2) is 4.71. The average Bonchev–Trinajstić information content (AvgIpc) is 3.20. The van der Waals surface area contributed by atoms with Crippen LogP contribution in [0.4, 0.5) is 4.39 Å². The van der Waals surface area contributed by atoms with E-state index in [-0.39, 0.29) is 17.3 Å². The van der Waals surface area contributed by atoms with Gasteiger partial charge in [-0.1, -0.05) is 18.2 Å². The second-order valence-electron chi connectivity index (χ2n) is 5.21. The Labute approximate surface area is 116 Å². The molecule has 1 aromatic heterocycles. The van der Waals surface area contributed by atoms with E-state index < -0.39 is 0 Å². The van der Waals surface area contributed by atoms with Gasteiger partial charge >= 0.3 is 0 Å². The van der Waals surface area contributed by atoms with E-state index in [0.717, 1.165) is 24.1 Å². The molecule has 0 aliphatic heterocycles. The van der Waals surface area contributed by atoms with E-state index in [1.54, 1.807) is 18.2 Å². The number of pyridine rings is 1. The van der Waals surface area contributed by atoms with Gasteiger partial charge < -0.3 is 5.32 Å². The van der Waals surface area contributed by atoms with Crippen molar-refractivity contribution in [3.63, 3.8) is 0 Å². The number of nitrogens with one attached hydrogen (secondary N) is 1. The number of hydrogen-bond donors (Lipinski definition) is 1. The van der Waals surface area contributed by atoms with Crippen molar-refractivity contribution >= 4 is 5.91 Å². The summed E-state index contributed by atoms with van der Waals surface area (Å²) in [5.74, 6) is -0.452. The molecule has 3 rings (SSSR count). The van der Waals surface area contributed by atoms with Gasteiger partial charge in [0, 0.05) is 5.69 Å². The van der Waals surface area contributed by atoms with Crippen molar-refractivity contribution in [1.29, 1.82) is 0 Å². The third kappa shape index (κ3) is 2.41. The molecule has 0 spiro atoms. The molecule has 1 aliphatic rings. The fourth-order valence-electron chi connectivity index (χ4n) is 2.33. The van der Waals surface area contributed by atoms with E-state index in [0.29, 0.717) is 5.69 Å². The topological polar surface area (TPSA) is 42.0 Å². The SMILES string of the molecule is Cc1cccc(C(=O)NC2(c3ccc(F)cc3)CC2)n1. The van der Waals surface area contributed by atoms with Gasteiger partial charge in [0.1, 0.15) is 11.5 Å². The van der Waals surface area contributed by atoms with Gasteiger partial charge in [0.15, 0.2) is 0 Å². The largest absolute Gasteiger partial charge is 0.341 e. The predicted octanol–water partition coefficient (Wildman–Crippen LogP) is 2.95. The van der Waals surface area contributed by atoms with Gasteiger partial charge in [-0.2, -0.15) is 0 Å². The number of halogens is 1. The van der Waals surface area contributed by atoms with Crippen LogP contribution in [-0.4, -0.2) is 10.9 Å². The predicted molar refractivity (Wildman–Crippen MR) is 73.8 cm³/mol. The molecule has 1 heterocycles. The van der Waals surface area contributed by atoms with Gasteiger partial charge in [0.2, 0.25) is 0 Å². The average molecular weight is 270 g/mol. The molecule has 2 aromatic rings. The van der Waals surface area contributed by atoms with E-state index in [9.17, 15) is 9.18 Å². The van der Waals surface area contributed by atoms with Crippen molar-refractivity contribution in [2.45, 2.75) is 25.3 Å². The van der Waals surface area contributed by atoms with E-state index in [1.807, 2.05) is 19.1 Å². The third-order valence-electron chi connectivity index (χ3n) is 3.62. The first-order chi connectivity index (χ1) is 9.59. The zero-order valence-corrected chi connectivity index (χ0v) is 11.2. The molecule has 1 fully saturated rings. The number of amides is 1. The molecular formula is C16H15FN2O. The number of rotatable bonds is 3. The molecule has 20 heavy (non-hydrogen) atoms. The number of carbonyl (C=O) groups excluding carboxylic acids is 1. The van der Waals surface area contributed by atoms with Crippen LogP contribution < -0.4 is 5.32 Å². The molecule has 0 radical (unpaired) electrons. The lowest BCUT2D eigenvalue weighted by Gasteiger charge is -2.17. The van der Waals surface area contributed by atoms with Gasteiger partial charge in [-0.05, 0) is 49.6 Å². The Hall–Kier alpha value is -2.23. The molecule has 0 unspecified atom stereocenters. The summed E-state index contributed by atoms with van der Waals surface area (Å²) in [5.41, 5.74) is 1.82. The Morgan fingerprint density at radius 2 is 1.90 bits per heavy atom. The molecule has 1 aromatic carbocycles. The van der Waals surface area contributed by atoms with E-state index >= 15 is 0 Å².